The van der Waals surface area contributed by atoms with Gasteiger partial charge in [-0.3, -0.25) is 14.9 Å². The Labute approximate surface area is 217 Å². The smallest absolute Gasteiger partial charge is 0.279 e. The van der Waals surface area contributed by atoms with E-state index in [1.807, 2.05) is 30.3 Å². The van der Waals surface area contributed by atoms with E-state index >= 15 is 0 Å². The second-order valence-corrected chi connectivity index (χ2v) is 11.2. The van der Waals surface area contributed by atoms with E-state index in [1.54, 1.807) is 17.7 Å². The Morgan fingerprint density at radius 1 is 1.11 bits per heavy atom. The van der Waals surface area contributed by atoms with Crippen molar-refractivity contribution < 1.29 is 22.9 Å². The van der Waals surface area contributed by atoms with Gasteiger partial charge in [-0.25, -0.2) is 8.42 Å². The summed E-state index contributed by atoms with van der Waals surface area (Å²) in [6, 6.07) is 19.3. The van der Waals surface area contributed by atoms with Crippen molar-refractivity contribution in [1.29, 1.82) is 0 Å². The largest absolute Gasteiger partial charge is 0.383 e. The molecule has 0 N–H and O–H groups in total. The molecule has 4 rings (SSSR count). The predicted octanol–water partition coefficient (Wildman–Crippen LogP) is 3.82. The lowest BCUT2D eigenvalue weighted by Crippen LogP contribution is -2.26. The van der Waals surface area contributed by atoms with Crippen LogP contribution in [0.1, 0.15) is 15.9 Å². The minimum atomic E-state index is -3.76. The van der Waals surface area contributed by atoms with Gasteiger partial charge in [-0.1, -0.05) is 41.7 Å². The Kier molecular flexibility index (Phi) is 7.93. The number of hydrogen-bond acceptors (Lipinski definition) is 7. The van der Waals surface area contributed by atoms with Gasteiger partial charge in [0.25, 0.3) is 11.6 Å². The standard InChI is InChI=1S/C25H24N4O6S2/c1-27(17-18-6-4-3-5-7-18)37(33,34)21-11-8-19(9-12-21)24(30)26-25-28(14-15-35-2)22-13-10-20(29(31)32)16-23(22)36-25/h3-13,16H,14-15,17H2,1-2H3. The van der Waals surface area contributed by atoms with Crippen molar-refractivity contribution >= 4 is 43.2 Å². The zero-order valence-corrected chi connectivity index (χ0v) is 21.7. The molecule has 0 fully saturated rings. The van der Waals surface area contributed by atoms with Gasteiger partial charge in [0, 0.05) is 44.9 Å². The lowest BCUT2D eigenvalue weighted by atomic mass is 10.2. The average Bonchev–Trinajstić information content (AvgIpc) is 3.23. The molecule has 0 bridgehead atoms. The first-order valence-corrected chi connectivity index (χ1v) is 13.4. The van der Waals surface area contributed by atoms with Crippen molar-refractivity contribution in [3.05, 3.63) is 98.8 Å². The molecular formula is C25H24N4O6S2. The Morgan fingerprint density at radius 2 is 1.81 bits per heavy atom. The zero-order chi connectivity index (χ0) is 26.6. The third-order valence-electron chi connectivity index (χ3n) is 5.65. The number of carbonyl (C=O) groups is 1. The number of benzene rings is 3. The molecule has 0 aliphatic rings. The molecule has 0 atom stereocenters. The minimum Gasteiger partial charge on any atom is -0.383 e. The predicted molar refractivity (Wildman–Crippen MR) is 140 cm³/mol. The molecule has 0 saturated carbocycles. The monoisotopic (exact) mass is 540 g/mol. The van der Waals surface area contributed by atoms with Crippen LogP contribution in [0.15, 0.2) is 82.7 Å². The number of nitrogens with zero attached hydrogens (tertiary/aromatic N) is 4. The molecule has 0 aliphatic carbocycles. The number of thiazole rings is 1. The third-order valence-corrected chi connectivity index (χ3v) is 8.51. The Bertz CT molecular complexity index is 1610. The van der Waals surface area contributed by atoms with E-state index in [-0.39, 0.29) is 22.7 Å². The van der Waals surface area contributed by atoms with Crippen LogP contribution in [0.25, 0.3) is 10.2 Å². The van der Waals surface area contributed by atoms with Crippen LogP contribution in [-0.4, -0.2) is 48.9 Å². The number of aromatic nitrogens is 1. The minimum absolute atomic E-state index is 0.0560. The van der Waals surface area contributed by atoms with E-state index in [2.05, 4.69) is 4.99 Å². The summed E-state index contributed by atoms with van der Waals surface area (Å²) in [6.07, 6.45) is 0. The molecule has 0 radical (unpaired) electrons. The topological polar surface area (TPSA) is 124 Å². The van der Waals surface area contributed by atoms with Crippen LogP contribution in [-0.2, 0) is 27.8 Å². The fourth-order valence-electron chi connectivity index (χ4n) is 3.69. The maximum Gasteiger partial charge on any atom is 0.279 e. The summed E-state index contributed by atoms with van der Waals surface area (Å²) in [5.41, 5.74) is 1.71. The highest BCUT2D eigenvalue weighted by atomic mass is 32.2. The maximum atomic E-state index is 13.0. The SMILES string of the molecule is COCCn1c(=NC(=O)c2ccc(S(=O)(=O)N(C)Cc3ccccc3)cc2)sc2cc([N+](=O)[O-])ccc21. The van der Waals surface area contributed by atoms with Crippen LogP contribution in [0.5, 0.6) is 0 Å². The van der Waals surface area contributed by atoms with Gasteiger partial charge in [-0.05, 0) is 35.9 Å². The van der Waals surface area contributed by atoms with Crippen LogP contribution < -0.4 is 4.80 Å². The number of carbonyl (C=O) groups excluding carboxylic acids is 1. The van der Waals surface area contributed by atoms with E-state index in [4.69, 9.17) is 4.74 Å². The van der Waals surface area contributed by atoms with Gasteiger partial charge in [0.2, 0.25) is 10.0 Å². The molecule has 3 aromatic carbocycles. The molecule has 1 amide bonds. The summed E-state index contributed by atoms with van der Waals surface area (Å²) < 4.78 is 34.8. The summed E-state index contributed by atoms with van der Waals surface area (Å²) in [4.78, 5) is 28.3. The second kappa shape index (κ2) is 11.1. The van der Waals surface area contributed by atoms with Gasteiger partial charge in [0.15, 0.2) is 4.80 Å². The zero-order valence-electron chi connectivity index (χ0n) is 20.1. The Morgan fingerprint density at radius 3 is 2.46 bits per heavy atom. The van der Waals surface area contributed by atoms with Crippen LogP contribution in [0.3, 0.4) is 0 Å². The van der Waals surface area contributed by atoms with Gasteiger partial charge < -0.3 is 9.30 Å². The van der Waals surface area contributed by atoms with Gasteiger partial charge in [-0.2, -0.15) is 9.30 Å². The summed E-state index contributed by atoms with van der Waals surface area (Å²) in [5.74, 6) is -0.561. The van der Waals surface area contributed by atoms with E-state index in [1.165, 1.54) is 47.8 Å². The van der Waals surface area contributed by atoms with Gasteiger partial charge >= 0.3 is 0 Å². The van der Waals surface area contributed by atoms with Gasteiger partial charge in [0.05, 0.1) is 26.6 Å². The number of ether oxygens (including phenoxy) is 1. The van der Waals surface area contributed by atoms with Crippen molar-refractivity contribution in [2.24, 2.45) is 4.99 Å². The van der Waals surface area contributed by atoms with Crippen LogP contribution in [0.2, 0.25) is 0 Å². The summed E-state index contributed by atoms with van der Waals surface area (Å²) in [5, 5.41) is 11.2. The molecule has 0 spiro atoms. The van der Waals surface area contributed by atoms with Gasteiger partial charge in [0.1, 0.15) is 0 Å². The molecule has 1 heterocycles. The van der Waals surface area contributed by atoms with Crippen molar-refractivity contribution in [2.75, 3.05) is 20.8 Å². The number of amides is 1. The Balaban J connectivity index is 1.62. The first-order chi connectivity index (χ1) is 17.7. The summed E-state index contributed by atoms with van der Waals surface area (Å²) >= 11 is 1.15. The quantitative estimate of drug-likeness (QED) is 0.235. The normalized spacial score (nSPS) is 12.4. The molecule has 0 unspecified atom stereocenters. The van der Waals surface area contributed by atoms with Crippen LogP contribution in [0.4, 0.5) is 5.69 Å². The highest BCUT2D eigenvalue weighted by molar-refractivity contribution is 7.89. The molecular weight excluding hydrogens is 516 g/mol. The summed E-state index contributed by atoms with van der Waals surface area (Å²) in [7, 11) is -0.712. The number of fused-ring (bicyclic) bond motifs is 1. The molecule has 0 aliphatic heterocycles. The third kappa shape index (κ3) is 5.83. The van der Waals surface area contributed by atoms with Crippen molar-refractivity contribution in [3.63, 3.8) is 0 Å². The lowest BCUT2D eigenvalue weighted by Gasteiger charge is -2.17. The molecule has 1 aromatic heterocycles. The van der Waals surface area contributed by atoms with E-state index < -0.39 is 20.9 Å². The van der Waals surface area contributed by atoms with E-state index in [0.717, 1.165) is 16.9 Å². The van der Waals surface area contributed by atoms with E-state index in [0.29, 0.717) is 28.2 Å². The lowest BCUT2D eigenvalue weighted by molar-refractivity contribution is -0.384. The number of sulfonamides is 1. The molecule has 192 valence electrons. The average molecular weight is 541 g/mol. The highest BCUT2D eigenvalue weighted by Crippen LogP contribution is 2.23. The molecule has 4 aromatic rings. The van der Waals surface area contributed by atoms with Gasteiger partial charge in [-0.15, -0.1) is 0 Å². The first kappa shape index (κ1) is 26.4. The number of methoxy groups -OCH3 is 1. The molecule has 37 heavy (non-hydrogen) atoms. The number of hydrogen-bond donors (Lipinski definition) is 0. The highest BCUT2D eigenvalue weighted by Gasteiger charge is 2.21. The number of nitro benzene ring substituents is 1. The number of rotatable bonds is 9. The Hall–Kier alpha value is -3.71. The number of nitro groups is 1. The van der Waals surface area contributed by atoms with Crippen LogP contribution >= 0.6 is 11.3 Å². The maximum absolute atomic E-state index is 13.0. The van der Waals surface area contributed by atoms with Crippen molar-refractivity contribution in [1.82, 2.24) is 8.87 Å². The van der Waals surface area contributed by atoms with Crippen LogP contribution in [0, 0.1) is 10.1 Å². The molecule has 12 heteroatoms. The van der Waals surface area contributed by atoms with E-state index in [9.17, 15) is 23.3 Å². The first-order valence-electron chi connectivity index (χ1n) is 11.2. The summed E-state index contributed by atoms with van der Waals surface area (Å²) in [6.45, 7) is 0.962. The van der Waals surface area contributed by atoms with Crippen molar-refractivity contribution in [2.45, 2.75) is 18.0 Å². The molecule has 10 nitrogen and oxygen atoms in total. The number of non-ortho nitro benzene ring substituents is 1. The fraction of sp³-hybridized carbons (Fsp3) is 0.200. The molecule has 0 saturated heterocycles. The van der Waals surface area contributed by atoms with Crippen molar-refractivity contribution in [3.8, 4) is 0 Å². The second-order valence-electron chi connectivity index (χ2n) is 8.13. The fourth-order valence-corrected chi connectivity index (χ4v) is 5.93.